The largest absolute Gasteiger partial charge is 0.456 e. The topological polar surface area (TPSA) is 39.2 Å². The van der Waals surface area contributed by atoms with Crippen LogP contribution in [0.4, 0.5) is 4.39 Å². The normalized spacial score (nSPS) is 11.0. The molecule has 3 aromatic rings. The van der Waals surface area contributed by atoms with E-state index in [4.69, 9.17) is 16.3 Å². The van der Waals surface area contributed by atoms with Gasteiger partial charge in [0.1, 0.15) is 17.4 Å². The molecule has 0 saturated heterocycles. The maximum absolute atomic E-state index is 13.6. The van der Waals surface area contributed by atoms with Gasteiger partial charge in [-0.2, -0.15) is 0 Å². The Morgan fingerprint density at radius 3 is 2.77 bits per heavy atom. The van der Waals surface area contributed by atoms with Crippen LogP contribution in [-0.2, 0) is 16.1 Å². The zero-order valence-electron chi connectivity index (χ0n) is 13.9. The van der Waals surface area contributed by atoms with Gasteiger partial charge in [0.25, 0.3) is 0 Å². The minimum Gasteiger partial charge on any atom is -0.456 e. The van der Waals surface area contributed by atoms with Crippen molar-refractivity contribution >= 4 is 35.0 Å². The van der Waals surface area contributed by atoms with Gasteiger partial charge in [0, 0.05) is 22.6 Å². The Morgan fingerprint density at radius 1 is 1.27 bits per heavy atom. The van der Waals surface area contributed by atoms with Crippen molar-refractivity contribution in [2.24, 2.45) is 0 Å². The number of rotatable bonds is 5. The molecular weight excluding hydrogens is 373 g/mol. The van der Waals surface area contributed by atoms with E-state index >= 15 is 0 Å². The highest BCUT2D eigenvalue weighted by Gasteiger charge is 2.08. The van der Waals surface area contributed by atoms with Crippen molar-refractivity contribution in [1.29, 1.82) is 0 Å². The summed E-state index contributed by atoms with van der Waals surface area (Å²) in [6.45, 7) is 2.08. The van der Waals surface area contributed by atoms with Crippen LogP contribution in [0.2, 0.25) is 5.02 Å². The number of benzene rings is 2. The van der Waals surface area contributed by atoms with Crippen LogP contribution in [0.25, 0.3) is 16.6 Å². The average Bonchev–Trinajstić information content (AvgIpc) is 3.09. The maximum atomic E-state index is 13.6. The standard InChI is InChI=1S/C20H15ClFNO2S/c1-13-5-7-14(8-6-13)20-23-15(12-26-20)11-25-19(24)10-9-16-17(21)3-2-4-18(16)22/h2-10,12H,11H2,1H3/b10-9+. The highest BCUT2D eigenvalue weighted by Crippen LogP contribution is 2.24. The van der Waals surface area contributed by atoms with Crippen LogP contribution < -0.4 is 0 Å². The van der Waals surface area contributed by atoms with Gasteiger partial charge in [0.15, 0.2) is 0 Å². The van der Waals surface area contributed by atoms with E-state index in [9.17, 15) is 9.18 Å². The van der Waals surface area contributed by atoms with Gasteiger partial charge in [-0.05, 0) is 25.1 Å². The molecular formula is C20H15ClFNO2S. The van der Waals surface area contributed by atoms with E-state index < -0.39 is 11.8 Å². The molecule has 0 radical (unpaired) electrons. The Kier molecular flexibility index (Phi) is 5.81. The first-order valence-electron chi connectivity index (χ1n) is 7.83. The Balaban J connectivity index is 1.60. The molecule has 3 nitrogen and oxygen atoms in total. The van der Waals surface area contributed by atoms with Crippen molar-refractivity contribution < 1.29 is 13.9 Å². The number of halogens is 2. The van der Waals surface area contributed by atoms with E-state index in [0.717, 1.165) is 16.6 Å². The first-order valence-corrected chi connectivity index (χ1v) is 9.09. The number of nitrogens with zero attached hydrogens (tertiary/aromatic N) is 1. The number of ether oxygens (including phenoxy) is 1. The Hall–Kier alpha value is -2.50. The van der Waals surface area contributed by atoms with E-state index in [1.54, 1.807) is 6.07 Å². The number of hydrogen-bond donors (Lipinski definition) is 0. The molecule has 3 rings (SSSR count). The molecule has 6 heteroatoms. The monoisotopic (exact) mass is 387 g/mol. The van der Waals surface area contributed by atoms with Crippen LogP contribution in [0, 0.1) is 12.7 Å². The Labute approximate surface area is 159 Å². The molecule has 26 heavy (non-hydrogen) atoms. The summed E-state index contributed by atoms with van der Waals surface area (Å²) >= 11 is 7.39. The molecule has 0 amide bonds. The summed E-state index contributed by atoms with van der Waals surface area (Å²) in [5, 5.41) is 2.95. The molecule has 0 unspecified atom stereocenters. The summed E-state index contributed by atoms with van der Waals surface area (Å²) in [6.07, 6.45) is 2.45. The summed E-state index contributed by atoms with van der Waals surface area (Å²) in [4.78, 5) is 16.3. The summed E-state index contributed by atoms with van der Waals surface area (Å²) in [6, 6.07) is 12.4. The number of esters is 1. The quantitative estimate of drug-likeness (QED) is 0.418. The highest BCUT2D eigenvalue weighted by molar-refractivity contribution is 7.13. The molecule has 1 aromatic heterocycles. The number of hydrogen-bond acceptors (Lipinski definition) is 4. The molecule has 0 spiro atoms. The van der Waals surface area contributed by atoms with E-state index in [1.165, 1.54) is 35.1 Å². The van der Waals surface area contributed by atoms with Crippen LogP contribution in [0.3, 0.4) is 0 Å². The van der Waals surface area contributed by atoms with Crippen molar-refractivity contribution in [2.75, 3.05) is 0 Å². The second kappa shape index (κ2) is 8.25. The molecule has 2 aromatic carbocycles. The van der Waals surface area contributed by atoms with Gasteiger partial charge < -0.3 is 4.74 Å². The molecule has 0 N–H and O–H groups in total. The molecule has 0 aliphatic rings. The average molecular weight is 388 g/mol. The highest BCUT2D eigenvalue weighted by atomic mass is 35.5. The van der Waals surface area contributed by atoms with E-state index in [0.29, 0.717) is 5.69 Å². The first kappa shape index (κ1) is 18.3. The molecule has 0 atom stereocenters. The maximum Gasteiger partial charge on any atom is 0.331 e. The Bertz CT molecular complexity index is 930. The zero-order chi connectivity index (χ0) is 18.5. The van der Waals surface area contributed by atoms with E-state index in [2.05, 4.69) is 4.98 Å². The van der Waals surface area contributed by atoms with Gasteiger partial charge in [-0.25, -0.2) is 14.2 Å². The van der Waals surface area contributed by atoms with Crippen molar-refractivity contribution in [2.45, 2.75) is 13.5 Å². The second-order valence-electron chi connectivity index (χ2n) is 5.59. The van der Waals surface area contributed by atoms with Crippen molar-refractivity contribution in [1.82, 2.24) is 4.98 Å². The van der Waals surface area contributed by atoms with Crippen LogP contribution in [0.1, 0.15) is 16.8 Å². The van der Waals surface area contributed by atoms with Gasteiger partial charge in [-0.15, -0.1) is 11.3 Å². The third-order valence-corrected chi connectivity index (χ3v) is 4.87. The first-order chi connectivity index (χ1) is 12.5. The number of aromatic nitrogens is 1. The SMILES string of the molecule is Cc1ccc(-c2nc(COC(=O)/C=C/c3c(F)cccc3Cl)cs2)cc1. The zero-order valence-corrected chi connectivity index (χ0v) is 15.5. The minimum absolute atomic E-state index is 0.0521. The predicted molar refractivity (Wildman–Crippen MR) is 103 cm³/mol. The number of carbonyl (C=O) groups excluding carboxylic acids is 1. The third-order valence-electron chi connectivity index (χ3n) is 3.60. The van der Waals surface area contributed by atoms with Crippen molar-refractivity contribution in [3.05, 3.63) is 81.6 Å². The summed E-state index contributed by atoms with van der Waals surface area (Å²) in [7, 11) is 0. The number of thiazole rings is 1. The van der Waals surface area contributed by atoms with Crippen molar-refractivity contribution in [3.63, 3.8) is 0 Å². The number of aryl methyl sites for hydroxylation is 1. The van der Waals surface area contributed by atoms with Gasteiger partial charge >= 0.3 is 5.97 Å². The minimum atomic E-state index is -0.589. The smallest absolute Gasteiger partial charge is 0.331 e. The van der Waals surface area contributed by atoms with Gasteiger partial charge in [0.05, 0.1) is 10.7 Å². The summed E-state index contributed by atoms with van der Waals surface area (Å²) < 4.78 is 18.8. The van der Waals surface area contributed by atoms with Crippen LogP contribution >= 0.6 is 22.9 Å². The van der Waals surface area contributed by atoms with Crippen LogP contribution in [0.5, 0.6) is 0 Å². The molecule has 0 bridgehead atoms. The lowest BCUT2D eigenvalue weighted by Gasteiger charge is -2.01. The van der Waals surface area contributed by atoms with Crippen LogP contribution in [0.15, 0.2) is 53.9 Å². The predicted octanol–water partition coefficient (Wildman–Crippen LogP) is 5.67. The second-order valence-corrected chi connectivity index (χ2v) is 6.85. The fourth-order valence-electron chi connectivity index (χ4n) is 2.22. The van der Waals surface area contributed by atoms with E-state index in [-0.39, 0.29) is 17.2 Å². The summed E-state index contributed by atoms with van der Waals surface area (Å²) in [5.41, 5.74) is 3.02. The molecule has 0 fully saturated rings. The lowest BCUT2D eigenvalue weighted by molar-refractivity contribution is -0.139. The molecule has 0 aliphatic carbocycles. The molecule has 1 heterocycles. The summed E-state index contributed by atoms with van der Waals surface area (Å²) in [5.74, 6) is -1.09. The molecule has 0 aliphatic heterocycles. The third kappa shape index (κ3) is 4.56. The van der Waals surface area contributed by atoms with Crippen LogP contribution in [-0.4, -0.2) is 11.0 Å². The molecule has 0 saturated carbocycles. The lowest BCUT2D eigenvalue weighted by Crippen LogP contribution is -2.01. The van der Waals surface area contributed by atoms with Gasteiger partial charge in [-0.3, -0.25) is 0 Å². The van der Waals surface area contributed by atoms with Gasteiger partial charge in [0.2, 0.25) is 0 Å². The number of carbonyl (C=O) groups is 1. The lowest BCUT2D eigenvalue weighted by atomic mass is 10.2. The fraction of sp³-hybridized carbons (Fsp3) is 0.100. The Morgan fingerprint density at radius 2 is 2.04 bits per heavy atom. The van der Waals surface area contributed by atoms with E-state index in [1.807, 2.05) is 36.6 Å². The molecule has 132 valence electrons. The van der Waals surface area contributed by atoms with Crippen molar-refractivity contribution in [3.8, 4) is 10.6 Å². The fourth-order valence-corrected chi connectivity index (χ4v) is 3.25. The van der Waals surface area contributed by atoms with Gasteiger partial charge in [-0.1, -0.05) is 47.5 Å².